The van der Waals surface area contributed by atoms with E-state index in [0.29, 0.717) is 11.4 Å². The summed E-state index contributed by atoms with van der Waals surface area (Å²) >= 11 is 0. The topological polar surface area (TPSA) is 75.7 Å². The van der Waals surface area contributed by atoms with Crippen LogP contribution in [-0.2, 0) is 14.8 Å². The van der Waals surface area contributed by atoms with Gasteiger partial charge in [0.15, 0.2) is 0 Å². The Morgan fingerprint density at radius 2 is 1.79 bits per heavy atom. The van der Waals surface area contributed by atoms with Crippen molar-refractivity contribution in [3.63, 3.8) is 0 Å². The standard InChI is InChI=1S/C19H21F3N2O4S/c1-14-5-3-6-16(13-14)24(29(2,26)27)12-4-7-18(25)23-15-8-10-17(11-9-15)28-19(20,21)22/h3,5-6,8-11,13H,4,7,12H2,1-2H3,(H,23,25). The van der Waals surface area contributed by atoms with Crippen molar-refractivity contribution in [3.05, 3.63) is 54.1 Å². The number of hydrogen-bond donors (Lipinski definition) is 1. The lowest BCUT2D eigenvalue weighted by Crippen LogP contribution is -2.31. The highest BCUT2D eigenvalue weighted by molar-refractivity contribution is 7.92. The lowest BCUT2D eigenvalue weighted by atomic mass is 10.2. The number of alkyl halides is 3. The number of anilines is 2. The van der Waals surface area contributed by atoms with E-state index in [-0.39, 0.29) is 25.3 Å². The van der Waals surface area contributed by atoms with Crippen LogP contribution in [-0.4, -0.2) is 33.5 Å². The molecule has 0 heterocycles. The predicted octanol–water partition coefficient (Wildman–Crippen LogP) is 4.08. The number of nitrogens with zero attached hydrogens (tertiary/aromatic N) is 1. The van der Waals surface area contributed by atoms with E-state index in [4.69, 9.17) is 0 Å². The van der Waals surface area contributed by atoms with Gasteiger partial charge in [0.25, 0.3) is 0 Å². The molecule has 2 rings (SSSR count). The molecule has 0 spiro atoms. The first-order chi connectivity index (χ1) is 13.4. The van der Waals surface area contributed by atoms with Crippen LogP contribution in [0.15, 0.2) is 48.5 Å². The number of benzene rings is 2. The van der Waals surface area contributed by atoms with Crippen molar-refractivity contribution in [1.82, 2.24) is 0 Å². The molecular formula is C19H21F3N2O4S. The first kappa shape index (κ1) is 22.5. The molecule has 0 radical (unpaired) electrons. The fourth-order valence-corrected chi connectivity index (χ4v) is 3.57. The Labute approximate surface area is 167 Å². The van der Waals surface area contributed by atoms with Crippen molar-refractivity contribution in [2.45, 2.75) is 26.1 Å². The number of halogens is 3. The molecule has 0 aliphatic rings. The van der Waals surface area contributed by atoms with Gasteiger partial charge >= 0.3 is 6.36 Å². The van der Waals surface area contributed by atoms with Crippen LogP contribution in [0.3, 0.4) is 0 Å². The van der Waals surface area contributed by atoms with Crippen LogP contribution in [0.25, 0.3) is 0 Å². The van der Waals surface area contributed by atoms with Crippen molar-refractivity contribution >= 4 is 27.3 Å². The molecule has 0 aliphatic carbocycles. The molecule has 0 saturated carbocycles. The Balaban J connectivity index is 1.91. The highest BCUT2D eigenvalue weighted by Gasteiger charge is 2.31. The van der Waals surface area contributed by atoms with Gasteiger partial charge in [-0.1, -0.05) is 12.1 Å². The SMILES string of the molecule is Cc1cccc(N(CCCC(=O)Nc2ccc(OC(F)(F)F)cc2)S(C)(=O)=O)c1. The maximum absolute atomic E-state index is 12.1. The summed E-state index contributed by atoms with van der Waals surface area (Å²) < 4.78 is 65.6. The average molecular weight is 430 g/mol. The number of ether oxygens (including phenoxy) is 1. The smallest absolute Gasteiger partial charge is 0.406 e. The Bertz CT molecular complexity index is 945. The van der Waals surface area contributed by atoms with Crippen molar-refractivity contribution in [2.75, 3.05) is 22.4 Å². The van der Waals surface area contributed by atoms with E-state index in [1.165, 1.54) is 16.4 Å². The number of carbonyl (C=O) groups is 1. The van der Waals surface area contributed by atoms with E-state index in [1.54, 1.807) is 18.2 Å². The van der Waals surface area contributed by atoms with Gasteiger partial charge in [0.05, 0.1) is 11.9 Å². The number of carbonyl (C=O) groups excluding carboxylic acids is 1. The summed E-state index contributed by atoms with van der Waals surface area (Å²) in [5.74, 6) is -0.773. The summed E-state index contributed by atoms with van der Waals surface area (Å²) in [5, 5.41) is 2.55. The second-order valence-electron chi connectivity index (χ2n) is 6.40. The molecule has 0 aliphatic heterocycles. The van der Waals surface area contributed by atoms with Crippen LogP contribution in [0, 0.1) is 6.92 Å². The molecule has 6 nitrogen and oxygen atoms in total. The van der Waals surface area contributed by atoms with E-state index in [2.05, 4.69) is 10.1 Å². The van der Waals surface area contributed by atoms with Gasteiger partial charge in [-0.15, -0.1) is 13.2 Å². The lowest BCUT2D eigenvalue weighted by Gasteiger charge is -2.22. The highest BCUT2D eigenvalue weighted by Crippen LogP contribution is 2.24. The van der Waals surface area contributed by atoms with Crippen LogP contribution < -0.4 is 14.4 Å². The summed E-state index contributed by atoms with van der Waals surface area (Å²) in [7, 11) is -3.52. The quantitative estimate of drug-likeness (QED) is 0.685. The summed E-state index contributed by atoms with van der Waals surface area (Å²) in [5.41, 5.74) is 1.74. The first-order valence-corrected chi connectivity index (χ1v) is 10.5. The average Bonchev–Trinajstić information content (AvgIpc) is 2.58. The molecule has 0 saturated heterocycles. The second-order valence-corrected chi connectivity index (χ2v) is 8.30. The molecule has 10 heteroatoms. The van der Waals surface area contributed by atoms with Gasteiger partial charge < -0.3 is 10.1 Å². The molecule has 1 amide bonds. The molecule has 158 valence electrons. The Morgan fingerprint density at radius 3 is 2.34 bits per heavy atom. The number of amides is 1. The minimum atomic E-state index is -4.78. The largest absolute Gasteiger partial charge is 0.573 e. The zero-order valence-corrected chi connectivity index (χ0v) is 16.7. The monoisotopic (exact) mass is 430 g/mol. The molecule has 2 aromatic rings. The fourth-order valence-electron chi connectivity index (χ4n) is 2.62. The molecule has 29 heavy (non-hydrogen) atoms. The second kappa shape index (κ2) is 9.17. The van der Waals surface area contributed by atoms with Crippen molar-refractivity contribution in [1.29, 1.82) is 0 Å². The third-order valence-electron chi connectivity index (χ3n) is 3.83. The zero-order valence-electron chi connectivity index (χ0n) is 15.9. The van der Waals surface area contributed by atoms with Crippen molar-refractivity contribution in [3.8, 4) is 5.75 Å². The minimum Gasteiger partial charge on any atom is -0.406 e. The maximum atomic E-state index is 12.1. The summed E-state index contributed by atoms with van der Waals surface area (Å²) in [6, 6.07) is 11.8. The zero-order chi connectivity index (χ0) is 21.7. The summed E-state index contributed by atoms with van der Waals surface area (Å²) in [4.78, 5) is 12.1. The van der Waals surface area contributed by atoms with Crippen LogP contribution in [0.5, 0.6) is 5.75 Å². The van der Waals surface area contributed by atoms with Crippen LogP contribution in [0.2, 0.25) is 0 Å². The Kier molecular flexibility index (Phi) is 7.12. The van der Waals surface area contributed by atoms with E-state index >= 15 is 0 Å². The van der Waals surface area contributed by atoms with Gasteiger partial charge in [-0.2, -0.15) is 0 Å². The molecule has 1 N–H and O–H groups in total. The molecule has 0 fully saturated rings. The number of sulfonamides is 1. The molecule has 0 aromatic heterocycles. The van der Waals surface area contributed by atoms with Gasteiger partial charge in [-0.05, 0) is 55.3 Å². The predicted molar refractivity (Wildman–Crippen MR) is 104 cm³/mol. The maximum Gasteiger partial charge on any atom is 0.573 e. The van der Waals surface area contributed by atoms with Crippen LogP contribution in [0.4, 0.5) is 24.5 Å². The van der Waals surface area contributed by atoms with Gasteiger partial charge in [0.2, 0.25) is 15.9 Å². The van der Waals surface area contributed by atoms with E-state index < -0.39 is 22.1 Å². The summed E-state index contributed by atoms with van der Waals surface area (Å²) in [6.07, 6.45) is -3.38. The Morgan fingerprint density at radius 1 is 1.14 bits per heavy atom. The van der Waals surface area contributed by atoms with Gasteiger partial charge in [0, 0.05) is 18.7 Å². The fraction of sp³-hybridized carbons (Fsp3) is 0.316. The number of rotatable bonds is 8. The molecule has 0 atom stereocenters. The van der Waals surface area contributed by atoms with E-state index in [9.17, 15) is 26.4 Å². The van der Waals surface area contributed by atoms with E-state index in [1.807, 2.05) is 13.0 Å². The third kappa shape index (κ3) is 7.65. The first-order valence-electron chi connectivity index (χ1n) is 8.64. The summed E-state index contributed by atoms with van der Waals surface area (Å²) in [6.45, 7) is 1.97. The number of nitrogens with one attached hydrogen (secondary N) is 1. The molecule has 2 aromatic carbocycles. The van der Waals surface area contributed by atoms with Gasteiger partial charge in [0.1, 0.15) is 5.75 Å². The normalized spacial score (nSPS) is 11.8. The van der Waals surface area contributed by atoms with Crippen molar-refractivity contribution < 1.29 is 31.1 Å². The van der Waals surface area contributed by atoms with Crippen molar-refractivity contribution in [2.24, 2.45) is 0 Å². The highest BCUT2D eigenvalue weighted by atomic mass is 32.2. The van der Waals surface area contributed by atoms with E-state index in [0.717, 1.165) is 24.0 Å². The molecular weight excluding hydrogens is 409 g/mol. The van der Waals surface area contributed by atoms with Gasteiger partial charge in [-0.25, -0.2) is 8.42 Å². The number of aryl methyl sites for hydroxylation is 1. The van der Waals surface area contributed by atoms with Gasteiger partial charge in [-0.3, -0.25) is 9.10 Å². The Hall–Kier alpha value is -2.75. The molecule has 0 unspecified atom stereocenters. The lowest BCUT2D eigenvalue weighted by molar-refractivity contribution is -0.274. The number of hydrogen-bond acceptors (Lipinski definition) is 4. The van der Waals surface area contributed by atoms with Crippen LogP contribution in [0.1, 0.15) is 18.4 Å². The van der Waals surface area contributed by atoms with Crippen LogP contribution >= 0.6 is 0 Å². The third-order valence-corrected chi connectivity index (χ3v) is 5.02. The molecule has 0 bridgehead atoms. The minimum absolute atomic E-state index is 0.0403.